The summed E-state index contributed by atoms with van der Waals surface area (Å²) in [6, 6.07) is 18.4. The number of pyridine rings is 1. The number of amides is 1. The minimum atomic E-state index is -0.772. The molecule has 2 heterocycles. The number of benzene rings is 3. The average molecular weight is 491 g/mol. The minimum Gasteiger partial charge on any atom is -0.338 e. The lowest BCUT2D eigenvalue weighted by atomic mass is 10.1. The Balaban J connectivity index is 1.41. The zero-order chi connectivity index (χ0) is 24.5. The van der Waals surface area contributed by atoms with Crippen molar-refractivity contribution in [1.82, 2.24) is 14.5 Å². The number of aromatic nitrogens is 3. The van der Waals surface area contributed by atoms with Crippen molar-refractivity contribution in [2.24, 2.45) is 0 Å². The highest BCUT2D eigenvalue weighted by atomic mass is 35.5. The van der Waals surface area contributed by atoms with Crippen LogP contribution in [0.5, 0.6) is 0 Å². The second-order valence-electron chi connectivity index (χ2n) is 7.84. The maximum Gasteiger partial charge on any atom is 0.263 e. The van der Waals surface area contributed by atoms with Crippen LogP contribution in [-0.2, 0) is 6.54 Å². The molecule has 0 aliphatic rings. The molecule has 5 rings (SSSR count). The molecule has 2 aromatic heterocycles. The fourth-order valence-electron chi connectivity index (χ4n) is 3.73. The first kappa shape index (κ1) is 22.5. The van der Waals surface area contributed by atoms with E-state index in [1.807, 2.05) is 24.3 Å². The molecular formula is C26H17ClF2N4O2. The van der Waals surface area contributed by atoms with Crippen molar-refractivity contribution in [3.8, 4) is 11.4 Å². The van der Waals surface area contributed by atoms with Gasteiger partial charge in [-0.1, -0.05) is 29.8 Å². The van der Waals surface area contributed by atoms with Gasteiger partial charge in [-0.05, 0) is 48.5 Å². The van der Waals surface area contributed by atoms with Gasteiger partial charge in [0.2, 0.25) is 0 Å². The Bertz CT molecular complexity index is 1610. The molecule has 0 aliphatic carbocycles. The number of imidazole rings is 1. The van der Waals surface area contributed by atoms with Gasteiger partial charge in [0, 0.05) is 29.1 Å². The summed E-state index contributed by atoms with van der Waals surface area (Å²) in [4.78, 5) is 33.6. The molecule has 2 N–H and O–H groups in total. The van der Waals surface area contributed by atoms with Crippen LogP contribution < -0.4 is 10.9 Å². The molecule has 0 unspecified atom stereocenters. The highest BCUT2D eigenvalue weighted by Gasteiger charge is 2.16. The van der Waals surface area contributed by atoms with Gasteiger partial charge < -0.3 is 14.9 Å². The zero-order valence-electron chi connectivity index (χ0n) is 18.1. The Kier molecular flexibility index (Phi) is 5.88. The third kappa shape index (κ3) is 4.56. The number of para-hydroxylation sites is 2. The van der Waals surface area contributed by atoms with E-state index in [1.54, 1.807) is 18.2 Å². The van der Waals surface area contributed by atoms with E-state index < -0.39 is 23.1 Å². The normalized spacial score (nSPS) is 11.1. The van der Waals surface area contributed by atoms with Gasteiger partial charge in [0.05, 0.1) is 22.6 Å². The number of hydrogen-bond acceptors (Lipinski definition) is 3. The van der Waals surface area contributed by atoms with Crippen LogP contribution >= 0.6 is 11.6 Å². The Morgan fingerprint density at radius 2 is 1.86 bits per heavy atom. The van der Waals surface area contributed by atoms with Crippen molar-refractivity contribution in [2.45, 2.75) is 6.54 Å². The van der Waals surface area contributed by atoms with Gasteiger partial charge in [-0.2, -0.15) is 0 Å². The molecule has 0 spiro atoms. The Labute approximate surface area is 202 Å². The average Bonchev–Trinajstić information content (AvgIpc) is 3.27. The number of rotatable bonds is 5. The number of carbonyl (C=O) groups is 1. The minimum absolute atomic E-state index is 0.124. The number of halogens is 3. The van der Waals surface area contributed by atoms with Crippen molar-refractivity contribution in [3.63, 3.8) is 0 Å². The molecule has 9 heteroatoms. The van der Waals surface area contributed by atoms with Crippen LogP contribution in [0.2, 0.25) is 5.02 Å². The zero-order valence-corrected chi connectivity index (χ0v) is 18.8. The summed E-state index contributed by atoms with van der Waals surface area (Å²) in [5, 5.41) is 3.14. The summed E-state index contributed by atoms with van der Waals surface area (Å²) in [7, 11) is 0. The molecule has 0 aliphatic heterocycles. The molecule has 0 saturated carbocycles. The molecule has 1 amide bonds. The van der Waals surface area contributed by atoms with E-state index in [0.717, 1.165) is 23.2 Å². The summed E-state index contributed by atoms with van der Waals surface area (Å²) in [5.74, 6) is -1.58. The number of aromatic amines is 1. The number of fused-ring (bicyclic) bond motifs is 1. The van der Waals surface area contributed by atoms with E-state index in [2.05, 4.69) is 15.3 Å². The van der Waals surface area contributed by atoms with E-state index in [0.29, 0.717) is 22.1 Å². The third-order valence-corrected chi connectivity index (χ3v) is 5.82. The highest BCUT2D eigenvalue weighted by molar-refractivity contribution is 6.33. The molecular weight excluding hydrogens is 474 g/mol. The summed E-state index contributed by atoms with van der Waals surface area (Å²) in [6.07, 6.45) is 1.43. The standard InChI is InChI=1S/C26H17ClF2N4O2/c27-20-10-9-17(13-19(20)24-31-22-5-1-2-6-23(22)32-24)30-25(34)18-4-3-11-33(26(18)35)14-15-7-8-16(28)12-21(15)29/h1-13H,14H2,(H,30,34)(H,31,32). The van der Waals surface area contributed by atoms with E-state index in [4.69, 9.17) is 11.6 Å². The topological polar surface area (TPSA) is 79.8 Å². The van der Waals surface area contributed by atoms with Gasteiger partial charge in [-0.25, -0.2) is 13.8 Å². The molecule has 0 bridgehead atoms. The van der Waals surface area contributed by atoms with E-state index in [1.165, 1.54) is 29.0 Å². The molecule has 5 aromatic rings. The maximum atomic E-state index is 14.0. The van der Waals surface area contributed by atoms with E-state index >= 15 is 0 Å². The first-order valence-electron chi connectivity index (χ1n) is 10.6. The Hall–Kier alpha value is -4.30. The van der Waals surface area contributed by atoms with Crippen molar-refractivity contribution in [3.05, 3.63) is 117 Å². The van der Waals surface area contributed by atoms with Crippen LogP contribution in [-0.4, -0.2) is 20.4 Å². The second kappa shape index (κ2) is 9.15. The summed E-state index contributed by atoms with van der Waals surface area (Å²) < 4.78 is 28.4. The largest absolute Gasteiger partial charge is 0.338 e. The first-order chi connectivity index (χ1) is 16.9. The lowest BCUT2D eigenvalue weighted by Crippen LogP contribution is -2.29. The predicted molar refractivity (Wildman–Crippen MR) is 131 cm³/mol. The smallest absolute Gasteiger partial charge is 0.263 e. The molecule has 174 valence electrons. The number of H-pyrrole nitrogens is 1. The molecule has 0 atom stereocenters. The SMILES string of the molecule is O=C(Nc1ccc(Cl)c(-c2nc3ccccc3[nH]2)c1)c1cccn(Cc2ccc(F)cc2F)c1=O. The fourth-order valence-corrected chi connectivity index (χ4v) is 3.94. The summed E-state index contributed by atoms with van der Waals surface area (Å²) in [5.41, 5.74) is 1.99. The monoisotopic (exact) mass is 490 g/mol. The Morgan fingerprint density at radius 1 is 1.03 bits per heavy atom. The van der Waals surface area contributed by atoms with Crippen LogP contribution in [0.15, 0.2) is 83.8 Å². The van der Waals surface area contributed by atoms with Gasteiger partial charge in [0.1, 0.15) is 23.0 Å². The van der Waals surface area contributed by atoms with Gasteiger partial charge in [0.15, 0.2) is 0 Å². The van der Waals surface area contributed by atoms with Crippen molar-refractivity contribution in [2.75, 3.05) is 5.32 Å². The summed E-state index contributed by atoms with van der Waals surface area (Å²) in [6.45, 7) is -0.150. The number of carbonyl (C=O) groups excluding carboxylic acids is 1. The first-order valence-corrected chi connectivity index (χ1v) is 11.0. The lowest BCUT2D eigenvalue weighted by molar-refractivity contribution is 0.102. The van der Waals surface area contributed by atoms with E-state index in [9.17, 15) is 18.4 Å². The van der Waals surface area contributed by atoms with Crippen molar-refractivity contribution >= 4 is 34.2 Å². The second-order valence-corrected chi connectivity index (χ2v) is 8.25. The molecule has 35 heavy (non-hydrogen) atoms. The third-order valence-electron chi connectivity index (χ3n) is 5.49. The lowest BCUT2D eigenvalue weighted by Gasteiger charge is -2.11. The highest BCUT2D eigenvalue weighted by Crippen LogP contribution is 2.30. The quantitative estimate of drug-likeness (QED) is 0.335. The van der Waals surface area contributed by atoms with Crippen LogP contribution in [0.4, 0.5) is 14.5 Å². The number of anilines is 1. The van der Waals surface area contributed by atoms with Gasteiger partial charge >= 0.3 is 0 Å². The van der Waals surface area contributed by atoms with Crippen LogP contribution in [0.25, 0.3) is 22.4 Å². The number of nitrogens with zero attached hydrogens (tertiary/aromatic N) is 2. The summed E-state index contributed by atoms with van der Waals surface area (Å²) >= 11 is 6.38. The van der Waals surface area contributed by atoms with Crippen LogP contribution in [0.1, 0.15) is 15.9 Å². The van der Waals surface area contributed by atoms with Crippen molar-refractivity contribution in [1.29, 1.82) is 0 Å². The molecule has 0 saturated heterocycles. The van der Waals surface area contributed by atoms with Gasteiger partial charge in [-0.15, -0.1) is 0 Å². The predicted octanol–water partition coefficient (Wildman–Crippen LogP) is 5.62. The molecule has 6 nitrogen and oxygen atoms in total. The number of hydrogen-bond donors (Lipinski definition) is 2. The van der Waals surface area contributed by atoms with Gasteiger partial charge in [0.25, 0.3) is 11.5 Å². The van der Waals surface area contributed by atoms with Crippen LogP contribution in [0.3, 0.4) is 0 Å². The molecule has 0 radical (unpaired) electrons. The molecule has 3 aromatic carbocycles. The fraction of sp³-hybridized carbons (Fsp3) is 0.0385. The van der Waals surface area contributed by atoms with Gasteiger partial charge in [-0.3, -0.25) is 9.59 Å². The maximum absolute atomic E-state index is 14.0. The van der Waals surface area contributed by atoms with Crippen LogP contribution in [0, 0.1) is 11.6 Å². The van der Waals surface area contributed by atoms with E-state index in [-0.39, 0.29) is 17.7 Å². The Morgan fingerprint density at radius 3 is 2.66 bits per heavy atom. The molecule has 0 fully saturated rings. The van der Waals surface area contributed by atoms with Crippen molar-refractivity contribution < 1.29 is 13.6 Å². The number of nitrogens with one attached hydrogen (secondary N) is 2.